The number of rotatable bonds is 2. The molecule has 5 nitrogen and oxygen atoms in total. The minimum absolute atomic E-state index is 0.104. The smallest absolute Gasteiger partial charge is 0.337 e. The molecule has 14 heavy (non-hydrogen) atoms. The maximum Gasteiger partial charge on any atom is 0.337 e. The zero-order chi connectivity index (χ0) is 10.8. The minimum atomic E-state index is -1.20. The van der Waals surface area contributed by atoms with E-state index in [1.807, 2.05) is 0 Å². The van der Waals surface area contributed by atoms with Crippen molar-refractivity contribution >= 4 is 11.9 Å². The third kappa shape index (κ3) is 1.87. The summed E-state index contributed by atoms with van der Waals surface area (Å²) in [5, 5.41) is 9.03. The Balaban J connectivity index is 2.79. The van der Waals surface area contributed by atoms with Gasteiger partial charge >= 0.3 is 5.97 Å². The Hall–Kier alpha value is -1.10. The Morgan fingerprint density at radius 3 is 2.57 bits per heavy atom. The molecule has 1 atom stereocenters. The lowest BCUT2D eigenvalue weighted by molar-refractivity contribution is -0.170. The number of hydrogen-bond donors (Lipinski definition) is 1. The predicted molar refractivity (Wildman–Crippen MR) is 48.9 cm³/mol. The van der Waals surface area contributed by atoms with Crippen LogP contribution in [0, 0.1) is 0 Å². The van der Waals surface area contributed by atoms with Crippen molar-refractivity contribution in [3.05, 3.63) is 0 Å². The summed E-state index contributed by atoms with van der Waals surface area (Å²) in [5.41, 5.74) is -1.20. The molecule has 0 aromatic rings. The van der Waals surface area contributed by atoms with E-state index in [1.54, 1.807) is 0 Å². The van der Waals surface area contributed by atoms with Gasteiger partial charge in [0.25, 0.3) is 0 Å². The lowest BCUT2D eigenvalue weighted by Crippen LogP contribution is -2.55. The summed E-state index contributed by atoms with van der Waals surface area (Å²) >= 11 is 0. The number of carboxylic acid groups (broad SMARTS) is 1. The van der Waals surface area contributed by atoms with Gasteiger partial charge in [-0.3, -0.25) is 4.79 Å². The van der Waals surface area contributed by atoms with Crippen LogP contribution in [-0.2, 0) is 14.3 Å². The van der Waals surface area contributed by atoms with E-state index >= 15 is 0 Å². The molecule has 1 aliphatic heterocycles. The number of carbonyl (C=O) groups excluding carboxylic acids is 1. The molecule has 0 aliphatic carbocycles. The molecule has 1 rings (SSSR count). The number of methoxy groups -OCH3 is 1. The number of aliphatic carboxylic acids is 1. The average Bonchev–Trinajstić information content (AvgIpc) is 2.17. The monoisotopic (exact) mass is 201 g/mol. The van der Waals surface area contributed by atoms with Crippen molar-refractivity contribution in [3.63, 3.8) is 0 Å². The summed E-state index contributed by atoms with van der Waals surface area (Å²) in [6.45, 7) is 2.20. The Morgan fingerprint density at radius 1 is 1.50 bits per heavy atom. The molecule has 0 saturated carbocycles. The van der Waals surface area contributed by atoms with Gasteiger partial charge in [-0.15, -0.1) is 0 Å². The quantitative estimate of drug-likeness (QED) is 0.688. The van der Waals surface area contributed by atoms with Crippen molar-refractivity contribution in [1.82, 2.24) is 4.90 Å². The molecule has 1 amide bonds. The molecule has 0 bridgehead atoms. The molecule has 0 aromatic carbocycles. The maximum absolute atomic E-state index is 11.1. The first kappa shape index (κ1) is 11.0. The molecular formula is C9H15NO4. The van der Waals surface area contributed by atoms with Crippen LogP contribution >= 0.6 is 0 Å². The topological polar surface area (TPSA) is 66.8 Å². The number of carbonyl (C=O) groups is 2. The molecule has 80 valence electrons. The summed E-state index contributed by atoms with van der Waals surface area (Å²) in [6, 6.07) is 0. The minimum Gasteiger partial charge on any atom is -0.479 e. The molecule has 5 heteroatoms. The van der Waals surface area contributed by atoms with Gasteiger partial charge in [0, 0.05) is 20.6 Å². The van der Waals surface area contributed by atoms with E-state index in [9.17, 15) is 9.59 Å². The van der Waals surface area contributed by atoms with Crippen molar-refractivity contribution in [3.8, 4) is 0 Å². The fourth-order valence-corrected chi connectivity index (χ4v) is 1.72. The summed E-state index contributed by atoms with van der Waals surface area (Å²) in [4.78, 5) is 23.6. The Kier molecular flexibility index (Phi) is 3.10. The highest BCUT2D eigenvalue weighted by atomic mass is 16.5. The molecule has 1 aliphatic rings. The molecule has 0 radical (unpaired) electrons. The average molecular weight is 201 g/mol. The van der Waals surface area contributed by atoms with Crippen LogP contribution in [0.5, 0.6) is 0 Å². The second-order valence-electron chi connectivity index (χ2n) is 3.55. The summed E-state index contributed by atoms with van der Waals surface area (Å²) in [5.74, 6) is -1.10. The van der Waals surface area contributed by atoms with Crippen LogP contribution in [0.25, 0.3) is 0 Å². The van der Waals surface area contributed by atoms with Crippen LogP contribution in [-0.4, -0.2) is 47.7 Å². The number of nitrogens with zero attached hydrogens (tertiary/aromatic N) is 1. The first-order chi connectivity index (χ1) is 6.52. The number of likely N-dealkylation sites (tertiary alicyclic amines) is 1. The number of ether oxygens (including phenoxy) is 1. The number of carboxylic acids is 1. The highest BCUT2D eigenvalue weighted by molar-refractivity contribution is 5.80. The normalized spacial score (nSPS) is 27.4. The SMILES string of the molecule is COC1(C(=O)O)CCCN(C(C)=O)C1. The molecule has 0 spiro atoms. The van der Waals surface area contributed by atoms with Crippen molar-refractivity contribution in [1.29, 1.82) is 0 Å². The predicted octanol–water partition coefficient (Wildman–Crippen LogP) is 0.0985. The van der Waals surface area contributed by atoms with Crippen LogP contribution in [0.15, 0.2) is 0 Å². The van der Waals surface area contributed by atoms with Crippen LogP contribution < -0.4 is 0 Å². The summed E-state index contributed by atoms with van der Waals surface area (Å²) < 4.78 is 5.03. The summed E-state index contributed by atoms with van der Waals surface area (Å²) in [7, 11) is 1.37. The van der Waals surface area contributed by atoms with E-state index < -0.39 is 11.6 Å². The lowest BCUT2D eigenvalue weighted by atomic mass is 9.92. The first-order valence-electron chi connectivity index (χ1n) is 4.56. The van der Waals surface area contributed by atoms with Gasteiger partial charge in [0.2, 0.25) is 5.91 Å². The van der Waals surface area contributed by atoms with Crippen LogP contribution in [0.1, 0.15) is 19.8 Å². The Morgan fingerprint density at radius 2 is 2.14 bits per heavy atom. The Bertz CT molecular complexity index is 253. The van der Waals surface area contributed by atoms with E-state index in [4.69, 9.17) is 9.84 Å². The zero-order valence-corrected chi connectivity index (χ0v) is 8.45. The largest absolute Gasteiger partial charge is 0.479 e. The van der Waals surface area contributed by atoms with Crippen LogP contribution in [0.2, 0.25) is 0 Å². The molecule has 1 fully saturated rings. The van der Waals surface area contributed by atoms with E-state index in [2.05, 4.69) is 0 Å². The number of piperidine rings is 1. The molecule has 1 unspecified atom stereocenters. The number of hydrogen-bond acceptors (Lipinski definition) is 3. The van der Waals surface area contributed by atoms with E-state index in [0.29, 0.717) is 19.4 Å². The van der Waals surface area contributed by atoms with Gasteiger partial charge in [-0.05, 0) is 12.8 Å². The van der Waals surface area contributed by atoms with Gasteiger partial charge in [0.05, 0.1) is 6.54 Å². The van der Waals surface area contributed by atoms with E-state index in [-0.39, 0.29) is 12.5 Å². The third-order valence-corrected chi connectivity index (χ3v) is 2.68. The molecule has 0 aromatic heterocycles. The van der Waals surface area contributed by atoms with Gasteiger partial charge in [-0.2, -0.15) is 0 Å². The molecular weight excluding hydrogens is 186 g/mol. The second-order valence-corrected chi connectivity index (χ2v) is 3.55. The lowest BCUT2D eigenvalue weighted by Gasteiger charge is -2.38. The molecule has 1 saturated heterocycles. The standard InChI is InChI=1S/C9H15NO4/c1-7(11)10-5-3-4-9(6-10,14-2)8(12)13/h3-6H2,1-2H3,(H,12,13). The fourth-order valence-electron chi connectivity index (χ4n) is 1.72. The van der Waals surface area contributed by atoms with E-state index in [0.717, 1.165) is 0 Å². The van der Waals surface area contributed by atoms with Crippen molar-refractivity contribution in [2.75, 3.05) is 20.2 Å². The van der Waals surface area contributed by atoms with Crippen molar-refractivity contribution in [2.45, 2.75) is 25.4 Å². The van der Waals surface area contributed by atoms with Gasteiger partial charge in [-0.25, -0.2) is 4.79 Å². The van der Waals surface area contributed by atoms with Crippen molar-refractivity contribution in [2.24, 2.45) is 0 Å². The fraction of sp³-hybridized carbons (Fsp3) is 0.778. The van der Waals surface area contributed by atoms with Gasteiger partial charge in [0.15, 0.2) is 5.60 Å². The second kappa shape index (κ2) is 3.96. The van der Waals surface area contributed by atoms with Crippen LogP contribution in [0.4, 0.5) is 0 Å². The van der Waals surface area contributed by atoms with Crippen molar-refractivity contribution < 1.29 is 19.4 Å². The summed E-state index contributed by atoms with van der Waals surface area (Å²) in [6.07, 6.45) is 1.13. The van der Waals surface area contributed by atoms with Crippen LogP contribution in [0.3, 0.4) is 0 Å². The van der Waals surface area contributed by atoms with E-state index in [1.165, 1.54) is 18.9 Å². The van der Waals surface area contributed by atoms with Gasteiger partial charge in [-0.1, -0.05) is 0 Å². The third-order valence-electron chi connectivity index (χ3n) is 2.68. The molecule has 1 N–H and O–H groups in total. The first-order valence-corrected chi connectivity index (χ1v) is 4.56. The van der Waals surface area contributed by atoms with Gasteiger partial charge in [0.1, 0.15) is 0 Å². The van der Waals surface area contributed by atoms with Gasteiger partial charge < -0.3 is 14.7 Å². The number of amides is 1. The Labute approximate surface area is 82.6 Å². The zero-order valence-electron chi connectivity index (χ0n) is 8.45. The molecule has 1 heterocycles. The highest BCUT2D eigenvalue weighted by Gasteiger charge is 2.43. The highest BCUT2D eigenvalue weighted by Crippen LogP contribution is 2.24. The maximum atomic E-state index is 11.1.